The van der Waals surface area contributed by atoms with Crippen molar-refractivity contribution < 1.29 is 14.3 Å². The summed E-state index contributed by atoms with van der Waals surface area (Å²) in [4.78, 5) is 16.9. The second-order valence-corrected chi connectivity index (χ2v) is 7.10. The molecule has 2 aromatic carbocycles. The average molecular weight is 355 g/mol. The molecule has 3 aromatic rings. The van der Waals surface area contributed by atoms with Crippen molar-refractivity contribution in [1.82, 2.24) is 4.98 Å². The Hall–Kier alpha value is -2.40. The van der Waals surface area contributed by atoms with Gasteiger partial charge in [0.15, 0.2) is 11.5 Å². The van der Waals surface area contributed by atoms with Crippen molar-refractivity contribution in [3.63, 3.8) is 0 Å². The van der Waals surface area contributed by atoms with Crippen LogP contribution in [-0.4, -0.2) is 25.0 Å². The summed E-state index contributed by atoms with van der Waals surface area (Å²) in [6.07, 6.45) is 1.57. The molecule has 25 heavy (non-hydrogen) atoms. The summed E-state index contributed by atoms with van der Waals surface area (Å²) in [5, 5.41) is 0.887. The van der Waals surface area contributed by atoms with Gasteiger partial charge in [0.05, 0.1) is 30.9 Å². The minimum atomic E-state index is 0.200. The van der Waals surface area contributed by atoms with E-state index in [0.717, 1.165) is 20.8 Å². The van der Waals surface area contributed by atoms with Gasteiger partial charge in [0.25, 0.3) is 0 Å². The standard InChI is InChI=1S/C20H21NO3S/c1-13-4-8-16-19(10-13)25-20(21-16)12-15(22)7-5-14-6-9-17(23-2)18(11-14)24-3/h4,6,8-11H,5,7,12H2,1-3H3. The van der Waals surface area contributed by atoms with Crippen LogP contribution >= 0.6 is 11.3 Å². The Balaban J connectivity index is 1.62. The lowest BCUT2D eigenvalue weighted by molar-refractivity contribution is -0.118. The average Bonchev–Trinajstić information content (AvgIpc) is 3.00. The van der Waals surface area contributed by atoms with E-state index in [1.807, 2.05) is 30.3 Å². The van der Waals surface area contributed by atoms with Crippen LogP contribution in [0.25, 0.3) is 10.2 Å². The number of hydrogen-bond acceptors (Lipinski definition) is 5. The molecule has 0 radical (unpaired) electrons. The molecule has 0 N–H and O–H groups in total. The van der Waals surface area contributed by atoms with Crippen LogP contribution in [0.2, 0.25) is 0 Å². The van der Waals surface area contributed by atoms with Gasteiger partial charge in [-0.2, -0.15) is 0 Å². The van der Waals surface area contributed by atoms with Crippen LogP contribution in [-0.2, 0) is 17.6 Å². The fourth-order valence-corrected chi connectivity index (χ4v) is 3.83. The van der Waals surface area contributed by atoms with Crippen molar-refractivity contribution in [2.24, 2.45) is 0 Å². The number of thiazole rings is 1. The molecule has 0 saturated heterocycles. The number of methoxy groups -OCH3 is 2. The Bertz CT molecular complexity index is 901. The molecule has 1 heterocycles. The minimum absolute atomic E-state index is 0.200. The van der Waals surface area contributed by atoms with Gasteiger partial charge in [-0.15, -0.1) is 11.3 Å². The summed E-state index contributed by atoms with van der Waals surface area (Å²) in [6.45, 7) is 2.06. The number of benzene rings is 2. The Morgan fingerprint density at radius 3 is 2.64 bits per heavy atom. The van der Waals surface area contributed by atoms with E-state index < -0.39 is 0 Å². The first-order valence-electron chi connectivity index (χ1n) is 8.17. The van der Waals surface area contributed by atoms with Gasteiger partial charge < -0.3 is 9.47 Å². The van der Waals surface area contributed by atoms with Crippen molar-refractivity contribution in [3.8, 4) is 11.5 Å². The summed E-state index contributed by atoms with van der Waals surface area (Å²) >= 11 is 1.60. The lowest BCUT2D eigenvalue weighted by Crippen LogP contribution is -2.04. The van der Waals surface area contributed by atoms with Gasteiger partial charge in [-0.05, 0) is 48.7 Å². The zero-order valence-corrected chi connectivity index (χ0v) is 15.5. The molecule has 5 heteroatoms. The molecule has 0 aliphatic rings. The van der Waals surface area contributed by atoms with E-state index in [9.17, 15) is 4.79 Å². The zero-order chi connectivity index (χ0) is 17.8. The van der Waals surface area contributed by atoms with Gasteiger partial charge >= 0.3 is 0 Å². The first-order chi connectivity index (χ1) is 12.1. The van der Waals surface area contributed by atoms with E-state index in [1.165, 1.54) is 5.56 Å². The van der Waals surface area contributed by atoms with Crippen LogP contribution in [0, 0.1) is 6.92 Å². The number of carbonyl (C=O) groups excluding carboxylic acids is 1. The topological polar surface area (TPSA) is 48.4 Å². The second-order valence-electron chi connectivity index (χ2n) is 5.98. The number of aryl methyl sites for hydroxylation is 2. The molecular formula is C20H21NO3S. The highest BCUT2D eigenvalue weighted by molar-refractivity contribution is 7.18. The van der Waals surface area contributed by atoms with Gasteiger partial charge in [-0.1, -0.05) is 12.1 Å². The maximum atomic E-state index is 12.3. The molecule has 0 amide bonds. The first kappa shape index (κ1) is 17.4. The fourth-order valence-electron chi connectivity index (χ4n) is 2.73. The van der Waals surface area contributed by atoms with Crippen molar-refractivity contribution in [2.45, 2.75) is 26.2 Å². The summed E-state index contributed by atoms with van der Waals surface area (Å²) in [7, 11) is 3.22. The Labute approximate surface area is 151 Å². The predicted octanol–water partition coefficient (Wildman–Crippen LogP) is 4.37. The summed E-state index contributed by atoms with van der Waals surface area (Å²) in [6, 6.07) is 11.9. The monoisotopic (exact) mass is 355 g/mol. The molecule has 0 fully saturated rings. The first-order valence-corrected chi connectivity index (χ1v) is 8.99. The van der Waals surface area contributed by atoms with Crippen LogP contribution in [0.3, 0.4) is 0 Å². The largest absolute Gasteiger partial charge is 0.493 e. The number of aromatic nitrogens is 1. The number of ketones is 1. The second kappa shape index (κ2) is 7.66. The molecule has 0 bridgehead atoms. The van der Waals surface area contributed by atoms with E-state index in [1.54, 1.807) is 25.6 Å². The lowest BCUT2D eigenvalue weighted by Gasteiger charge is -2.09. The number of hydrogen-bond donors (Lipinski definition) is 0. The van der Waals surface area contributed by atoms with E-state index in [2.05, 4.69) is 18.0 Å². The minimum Gasteiger partial charge on any atom is -0.493 e. The molecule has 1 aromatic heterocycles. The van der Waals surface area contributed by atoms with E-state index in [4.69, 9.17) is 9.47 Å². The summed E-state index contributed by atoms with van der Waals surface area (Å²) in [5.41, 5.74) is 3.24. The molecule has 0 unspecified atom stereocenters. The van der Waals surface area contributed by atoms with Crippen LogP contribution in [0.15, 0.2) is 36.4 Å². The van der Waals surface area contributed by atoms with Gasteiger partial charge in [0.2, 0.25) is 0 Å². The lowest BCUT2D eigenvalue weighted by atomic mass is 10.1. The van der Waals surface area contributed by atoms with E-state index in [0.29, 0.717) is 30.8 Å². The van der Waals surface area contributed by atoms with Gasteiger partial charge in [-0.3, -0.25) is 4.79 Å². The third-order valence-corrected chi connectivity index (χ3v) is 5.10. The van der Waals surface area contributed by atoms with Gasteiger partial charge in [0, 0.05) is 6.42 Å². The highest BCUT2D eigenvalue weighted by Crippen LogP contribution is 2.28. The van der Waals surface area contributed by atoms with Crippen LogP contribution in [0.4, 0.5) is 0 Å². The number of rotatable bonds is 7. The zero-order valence-electron chi connectivity index (χ0n) is 14.7. The number of fused-ring (bicyclic) bond motifs is 1. The molecule has 4 nitrogen and oxygen atoms in total. The molecular weight excluding hydrogens is 334 g/mol. The van der Waals surface area contributed by atoms with Crippen molar-refractivity contribution in [3.05, 3.63) is 52.5 Å². The van der Waals surface area contributed by atoms with Crippen LogP contribution < -0.4 is 9.47 Å². The fraction of sp³-hybridized carbons (Fsp3) is 0.300. The van der Waals surface area contributed by atoms with Crippen LogP contribution in [0.1, 0.15) is 22.6 Å². The van der Waals surface area contributed by atoms with Crippen LogP contribution in [0.5, 0.6) is 11.5 Å². The number of nitrogens with zero attached hydrogens (tertiary/aromatic N) is 1. The molecule has 130 valence electrons. The highest BCUT2D eigenvalue weighted by Gasteiger charge is 2.11. The van der Waals surface area contributed by atoms with Gasteiger partial charge in [-0.25, -0.2) is 4.98 Å². The molecule has 0 aliphatic heterocycles. The third-order valence-electron chi connectivity index (χ3n) is 4.08. The van der Waals surface area contributed by atoms with Crippen molar-refractivity contribution in [1.29, 1.82) is 0 Å². The maximum absolute atomic E-state index is 12.3. The van der Waals surface area contributed by atoms with Gasteiger partial charge in [0.1, 0.15) is 10.8 Å². The van der Waals surface area contributed by atoms with E-state index in [-0.39, 0.29) is 5.78 Å². The predicted molar refractivity (Wildman–Crippen MR) is 101 cm³/mol. The normalized spacial score (nSPS) is 10.8. The molecule has 3 rings (SSSR count). The third kappa shape index (κ3) is 4.17. The SMILES string of the molecule is COc1ccc(CCC(=O)Cc2nc3ccc(C)cc3s2)cc1OC. The highest BCUT2D eigenvalue weighted by atomic mass is 32.1. The van der Waals surface area contributed by atoms with Crippen molar-refractivity contribution in [2.75, 3.05) is 14.2 Å². The Kier molecular flexibility index (Phi) is 5.34. The maximum Gasteiger partial charge on any atom is 0.160 e. The summed E-state index contributed by atoms with van der Waals surface area (Å²) in [5.74, 6) is 1.59. The van der Waals surface area contributed by atoms with Crippen molar-refractivity contribution >= 4 is 27.3 Å². The van der Waals surface area contributed by atoms with E-state index >= 15 is 0 Å². The molecule has 0 saturated carbocycles. The summed E-state index contributed by atoms with van der Waals surface area (Å²) < 4.78 is 11.7. The molecule has 0 aliphatic carbocycles. The molecule has 0 atom stereocenters. The number of ether oxygens (including phenoxy) is 2. The number of carbonyl (C=O) groups is 1. The Morgan fingerprint density at radius 1 is 1.08 bits per heavy atom. The molecule has 0 spiro atoms. The smallest absolute Gasteiger partial charge is 0.160 e. The number of Topliss-reactive ketones (excluding diaryl/α,β-unsaturated/α-hetero) is 1. The Morgan fingerprint density at radius 2 is 1.88 bits per heavy atom. The quantitative estimate of drug-likeness (QED) is 0.631.